The number of likely N-dealkylation sites (N-methyl/N-ethyl adjacent to an activating group) is 1. The molecule has 1 aromatic rings. The fraction of sp³-hybridized carbons (Fsp3) is 0.300. The number of sulfonamides is 1. The summed E-state index contributed by atoms with van der Waals surface area (Å²) in [5.41, 5.74) is 6.02. The average Bonchev–Trinajstić information content (AvgIpc) is 2.30. The lowest BCUT2D eigenvalue weighted by molar-refractivity contribution is -0.121. The number of nitrogens with two attached hydrogens (primary N) is 1. The summed E-state index contributed by atoms with van der Waals surface area (Å²) in [7, 11) is -2.31. The molecule has 1 rings (SSSR count). The SMILES string of the molecule is CNC(=O)C(C)NS(=O)(=O)c1ccc(N)c(Br)c1. The Kier molecular flexibility index (Phi) is 4.71. The van der Waals surface area contributed by atoms with E-state index < -0.39 is 22.0 Å². The zero-order chi connectivity index (χ0) is 13.9. The molecule has 1 aromatic carbocycles. The van der Waals surface area contributed by atoms with Crippen molar-refractivity contribution >= 4 is 37.5 Å². The van der Waals surface area contributed by atoms with E-state index in [9.17, 15) is 13.2 Å². The molecule has 0 heterocycles. The van der Waals surface area contributed by atoms with Crippen LogP contribution < -0.4 is 15.8 Å². The molecule has 0 bridgehead atoms. The van der Waals surface area contributed by atoms with E-state index in [-0.39, 0.29) is 4.90 Å². The van der Waals surface area contributed by atoms with Crippen molar-refractivity contribution in [1.82, 2.24) is 10.0 Å². The number of hydrogen-bond acceptors (Lipinski definition) is 4. The lowest BCUT2D eigenvalue weighted by Gasteiger charge is -2.13. The van der Waals surface area contributed by atoms with Gasteiger partial charge in [-0.15, -0.1) is 0 Å². The van der Waals surface area contributed by atoms with Gasteiger partial charge in [-0.3, -0.25) is 4.79 Å². The maximum absolute atomic E-state index is 12.0. The first-order valence-electron chi connectivity index (χ1n) is 5.07. The van der Waals surface area contributed by atoms with Crippen molar-refractivity contribution in [2.75, 3.05) is 12.8 Å². The molecule has 0 fully saturated rings. The molecule has 1 unspecified atom stereocenters. The number of amides is 1. The fourth-order valence-electron chi connectivity index (χ4n) is 1.25. The monoisotopic (exact) mass is 335 g/mol. The van der Waals surface area contributed by atoms with Crippen LogP contribution in [0, 0.1) is 0 Å². The van der Waals surface area contributed by atoms with Crippen molar-refractivity contribution in [2.24, 2.45) is 0 Å². The van der Waals surface area contributed by atoms with E-state index in [0.29, 0.717) is 10.2 Å². The van der Waals surface area contributed by atoms with Crippen molar-refractivity contribution < 1.29 is 13.2 Å². The molecule has 0 spiro atoms. The first-order chi connectivity index (χ1) is 8.27. The Morgan fingerprint density at radius 2 is 2.06 bits per heavy atom. The van der Waals surface area contributed by atoms with Gasteiger partial charge in [-0.05, 0) is 41.1 Å². The number of nitrogen functional groups attached to an aromatic ring is 1. The van der Waals surface area contributed by atoms with Gasteiger partial charge in [-0.2, -0.15) is 4.72 Å². The predicted octanol–water partition coefficient (Wildman–Crippen LogP) is 0.444. The van der Waals surface area contributed by atoms with Crippen molar-refractivity contribution in [3.63, 3.8) is 0 Å². The summed E-state index contributed by atoms with van der Waals surface area (Å²) in [6, 6.07) is 3.38. The third-order valence-corrected chi connectivity index (χ3v) is 4.48. The molecule has 6 nitrogen and oxygen atoms in total. The van der Waals surface area contributed by atoms with Crippen LogP contribution in [0.25, 0.3) is 0 Å². The Bertz CT molecular complexity index is 559. The van der Waals surface area contributed by atoms with Crippen molar-refractivity contribution in [3.8, 4) is 0 Å². The third kappa shape index (κ3) is 3.44. The highest BCUT2D eigenvalue weighted by molar-refractivity contribution is 9.10. The second-order valence-corrected chi connectivity index (χ2v) is 6.21. The van der Waals surface area contributed by atoms with Crippen LogP contribution in [0.5, 0.6) is 0 Å². The number of benzene rings is 1. The van der Waals surface area contributed by atoms with Crippen molar-refractivity contribution in [1.29, 1.82) is 0 Å². The summed E-state index contributed by atoms with van der Waals surface area (Å²) >= 11 is 3.15. The van der Waals surface area contributed by atoms with Gasteiger partial charge in [0.2, 0.25) is 15.9 Å². The Morgan fingerprint density at radius 3 is 2.56 bits per heavy atom. The minimum Gasteiger partial charge on any atom is -0.398 e. The maximum Gasteiger partial charge on any atom is 0.241 e. The Balaban J connectivity index is 3.00. The summed E-state index contributed by atoms with van der Waals surface area (Å²) in [6.45, 7) is 1.46. The van der Waals surface area contributed by atoms with E-state index in [4.69, 9.17) is 5.73 Å². The topological polar surface area (TPSA) is 101 Å². The second-order valence-electron chi connectivity index (χ2n) is 3.64. The van der Waals surface area contributed by atoms with Gasteiger partial charge < -0.3 is 11.1 Å². The van der Waals surface area contributed by atoms with Gasteiger partial charge in [-0.25, -0.2) is 8.42 Å². The number of carbonyl (C=O) groups excluding carboxylic acids is 1. The molecular formula is C10H14BrN3O3S. The van der Waals surface area contributed by atoms with Crippen LogP contribution in [-0.2, 0) is 14.8 Å². The minimum atomic E-state index is -3.75. The largest absolute Gasteiger partial charge is 0.398 e. The minimum absolute atomic E-state index is 0.0410. The molecule has 0 saturated carbocycles. The Hall–Kier alpha value is -1.12. The van der Waals surface area contributed by atoms with E-state index in [1.807, 2.05) is 0 Å². The molecule has 0 aliphatic rings. The maximum atomic E-state index is 12.0. The number of hydrogen-bond donors (Lipinski definition) is 3. The molecule has 18 heavy (non-hydrogen) atoms. The van der Waals surface area contributed by atoms with Gasteiger partial charge in [0.1, 0.15) is 0 Å². The molecule has 1 amide bonds. The van der Waals surface area contributed by atoms with Crippen LogP contribution >= 0.6 is 15.9 Å². The molecule has 8 heteroatoms. The summed E-state index contributed by atoms with van der Waals surface area (Å²) in [4.78, 5) is 11.3. The van der Waals surface area contributed by atoms with Gasteiger partial charge in [0.25, 0.3) is 0 Å². The van der Waals surface area contributed by atoms with E-state index >= 15 is 0 Å². The lowest BCUT2D eigenvalue weighted by Crippen LogP contribution is -2.43. The summed E-state index contributed by atoms with van der Waals surface area (Å²) < 4.78 is 26.7. The van der Waals surface area contributed by atoms with Crippen LogP contribution in [0.3, 0.4) is 0 Å². The number of halogens is 1. The molecule has 0 aliphatic heterocycles. The van der Waals surface area contributed by atoms with E-state index in [0.717, 1.165) is 0 Å². The smallest absolute Gasteiger partial charge is 0.241 e. The van der Waals surface area contributed by atoms with Crippen LogP contribution in [0.1, 0.15) is 6.92 Å². The second kappa shape index (κ2) is 5.68. The third-order valence-electron chi connectivity index (χ3n) is 2.25. The van der Waals surface area contributed by atoms with Gasteiger partial charge in [0.15, 0.2) is 0 Å². The molecule has 0 aliphatic carbocycles. The molecule has 100 valence electrons. The lowest BCUT2D eigenvalue weighted by atomic mass is 10.3. The first kappa shape index (κ1) is 14.9. The highest BCUT2D eigenvalue weighted by Gasteiger charge is 2.21. The Morgan fingerprint density at radius 1 is 1.44 bits per heavy atom. The highest BCUT2D eigenvalue weighted by Crippen LogP contribution is 2.23. The fourth-order valence-corrected chi connectivity index (χ4v) is 3.00. The first-order valence-corrected chi connectivity index (χ1v) is 7.34. The molecule has 1 atom stereocenters. The van der Waals surface area contributed by atoms with Crippen LogP contribution in [-0.4, -0.2) is 27.4 Å². The standard InChI is InChI=1S/C10H14BrN3O3S/c1-6(10(15)13-2)14-18(16,17)7-3-4-9(12)8(11)5-7/h3-6,14H,12H2,1-2H3,(H,13,15). The quantitative estimate of drug-likeness (QED) is 0.695. The van der Waals surface area contributed by atoms with Crippen LogP contribution in [0.2, 0.25) is 0 Å². The average molecular weight is 336 g/mol. The zero-order valence-electron chi connectivity index (χ0n) is 9.90. The number of nitrogens with one attached hydrogen (secondary N) is 2. The van der Waals surface area contributed by atoms with E-state index in [1.54, 1.807) is 0 Å². The molecular weight excluding hydrogens is 322 g/mol. The van der Waals surface area contributed by atoms with E-state index in [1.165, 1.54) is 32.2 Å². The number of anilines is 1. The number of carbonyl (C=O) groups is 1. The predicted molar refractivity (Wildman–Crippen MR) is 72.4 cm³/mol. The van der Waals surface area contributed by atoms with E-state index in [2.05, 4.69) is 26.0 Å². The van der Waals surface area contributed by atoms with Gasteiger partial charge in [-0.1, -0.05) is 0 Å². The van der Waals surface area contributed by atoms with Gasteiger partial charge in [0, 0.05) is 17.2 Å². The zero-order valence-corrected chi connectivity index (χ0v) is 12.3. The van der Waals surface area contributed by atoms with Crippen molar-refractivity contribution in [2.45, 2.75) is 17.9 Å². The summed E-state index contributed by atoms with van der Waals surface area (Å²) in [5.74, 6) is -0.409. The van der Waals surface area contributed by atoms with Crippen molar-refractivity contribution in [3.05, 3.63) is 22.7 Å². The van der Waals surface area contributed by atoms with Crippen LogP contribution in [0.4, 0.5) is 5.69 Å². The summed E-state index contributed by atoms with van der Waals surface area (Å²) in [5, 5.41) is 2.36. The molecule has 4 N–H and O–H groups in total. The van der Waals surface area contributed by atoms with Crippen LogP contribution in [0.15, 0.2) is 27.6 Å². The normalized spacial score (nSPS) is 13.1. The number of rotatable bonds is 4. The molecule has 0 radical (unpaired) electrons. The summed E-state index contributed by atoms with van der Waals surface area (Å²) in [6.07, 6.45) is 0. The highest BCUT2D eigenvalue weighted by atomic mass is 79.9. The Labute approximate surface area is 114 Å². The molecule has 0 aromatic heterocycles. The molecule has 0 saturated heterocycles. The van der Waals surface area contributed by atoms with Gasteiger partial charge >= 0.3 is 0 Å². The van der Waals surface area contributed by atoms with Gasteiger partial charge in [0.05, 0.1) is 10.9 Å².